The summed E-state index contributed by atoms with van der Waals surface area (Å²) in [5.41, 5.74) is 2.73. The highest BCUT2D eigenvalue weighted by Crippen LogP contribution is 2.20. The lowest BCUT2D eigenvalue weighted by Crippen LogP contribution is -2.22. The number of nitrogens with zero attached hydrogens (tertiary/aromatic N) is 4. The first-order valence-electron chi connectivity index (χ1n) is 7.66. The molecule has 2 aromatic carbocycles. The summed E-state index contributed by atoms with van der Waals surface area (Å²) in [6.45, 7) is 3.98. The minimum atomic E-state index is -0.0681. The number of aryl methyl sites for hydroxylation is 2. The molecule has 0 radical (unpaired) electrons. The van der Waals surface area contributed by atoms with Gasteiger partial charge in [0, 0.05) is 0 Å². The third-order valence-electron chi connectivity index (χ3n) is 4.20. The van der Waals surface area contributed by atoms with Crippen molar-refractivity contribution in [1.29, 1.82) is 0 Å². The summed E-state index contributed by atoms with van der Waals surface area (Å²) in [4.78, 5) is 13.1. The average molecular weight is 304 g/mol. The fraction of sp³-hybridized carbons (Fsp3) is 0.167. The number of rotatable bonds is 2. The van der Waals surface area contributed by atoms with Gasteiger partial charge in [-0.15, -0.1) is 10.2 Å². The van der Waals surface area contributed by atoms with Crippen molar-refractivity contribution in [1.82, 2.24) is 19.2 Å². The average Bonchev–Trinajstić information content (AvgIpc) is 2.97. The summed E-state index contributed by atoms with van der Waals surface area (Å²) < 4.78 is 3.60. The van der Waals surface area contributed by atoms with Crippen LogP contribution in [0.15, 0.2) is 53.3 Å². The number of hydrogen-bond donors (Lipinski definition) is 0. The van der Waals surface area contributed by atoms with Crippen LogP contribution >= 0.6 is 0 Å². The highest BCUT2D eigenvalue weighted by Gasteiger charge is 2.16. The Hall–Kier alpha value is -2.95. The third kappa shape index (κ3) is 1.90. The SMILES string of the molecule is CCc1ccccc1-n1c(=O)c2ccccc2n2c(C)nnc12. The van der Waals surface area contributed by atoms with Crippen molar-refractivity contribution in [3.05, 3.63) is 70.3 Å². The summed E-state index contributed by atoms with van der Waals surface area (Å²) in [5, 5.41) is 9.10. The molecule has 0 N–H and O–H groups in total. The van der Waals surface area contributed by atoms with Crippen molar-refractivity contribution in [3.63, 3.8) is 0 Å². The number of aromatic nitrogens is 4. The maximum absolute atomic E-state index is 13.1. The Morgan fingerprint density at radius 1 is 1.00 bits per heavy atom. The first-order valence-corrected chi connectivity index (χ1v) is 7.66. The zero-order valence-corrected chi connectivity index (χ0v) is 13.0. The molecule has 5 heteroatoms. The van der Waals surface area contributed by atoms with E-state index in [0.29, 0.717) is 11.2 Å². The van der Waals surface area contributed by atoms with Crippen molar-refractivity contribution in [3.8, 4) is 5.69 Å². The molecule has 0 unspecified atom stereocenters. The summed E-state index contributed by atoms with van der Waals surface area (Å²) >= 11 is 0. The topological polar surface area (TPSA) is 52.2 Å². The molecule has 0 bridgehead atoms. The van der Waals surface area contributed by atoms with Crippen molar-refractivity contribution in [2.24, 2.45) is 0 Å². The van der Waals surface area contributed by atoms with E-state index in [0.717, 1.165) is 29.0 Å². The molecule has 4 rings (SSSR count). The minimum absolute atomic E-state index is 0.0681. The van der Waals surface area contributed by atoms with E-state index < -0.39 is 0 Å². The van der Waals surface area contributed by atoms with Crippen molar-refractivity contribution in [2.75, 3.05) is 0 Å². The smallest absolute Gasteiger partial charge is 0.267 e. The molecule has 5 nitrogen and oxygen atoms in total. The zero-order chi connectivity index (χ0) is 16.0. The van der Waals surface area contributed by atoms with Gasteiger partial charge in [0.05, 0.1) is 16.6 Å². The molecule has 0 spiro atoms. The highest BCUT2D eigenvalue weighted by atomic mass is 16.1. The van der Waals surface area contributed by atoms with Crippen LogP contribution in [0.2, 0.25) is 0 Å². The fourth-order valence-electron chi connectivity index (χ4n) is 3.08. The monoisotopic (exact) mass is 304 g/mol. The second-order valence-corrected chi connectivity index (χ2v) is 5.52. The normalized spacial score (nSPS) is 11.4. The minimum Gasteiger partial charge on any atom is -0.268 e. The van der Waals surface area contributed by atoms with Gasteiger partial charge in [0.2, 0.25) is 5.78 Å². The maximum atomic E-state index is 13.1. The van der Waals surface area contributed by atoms with E-state index in [1.54, 1.807) is 4.57 Å². The molecule has 0 saturated carbocycles. The second kappa shape index (κ2) is 5.05. The van der Waals surface area contributed by atoms with Gasteiger partial charge in [-0.25, -0.2) is 4.57 Å². The van der Waals surface area contributed by atoms with Gasteiger partial charge in [0.1, 0.15) is 5.82 Å². The van der Waals surface area contributed by atoms with Crippen LogP contribution in [0.4, 0.5) is 0 Å². The fourth-order valence-corrected chi connectivity index (χ4v) is 3.08. The van der Waals surface area contributed by atoms with Crippen LogP contribution in [0.5, 0.6) is 0 Å². The van der Waals surface area contributed by atoms with E-state index in [1.807, 2.05) is 59.9 Å². The van der Waals surface area contributed by atoms with Crippen LogP contribution in [0.25, 0.3) is 22.4 Å². The summed E-state index contributed by atoms with van der Waals surface area (Å²) in [6, 6.07) is 15.5. The Labute approximate surface area is 132 Å². The van der Waals surface area contributed by atoms with Crippen molar-refractivity contribution < 1.29 is 0 Å². The van der Waals surface area contributed by atoms with E-state index in [2.05, 4.69) is 17.1 Å². The van der Waals surface area contributed by atoms with Crippen molar-refractivity contribution in [2.45, 2.75) is 20.3 Å². The zero-order valence-electron chi connectivity index (χ0n) is 13.0. The van der Waals surface area contributed by atoms with E-state index in [1.165, 1.54) is 0 Å². The quantitative estimate of drug-likeness (QED) is 0.572. The standard InChI is InChI=1S/C18H16N4O/c1-3-13-8-4-6-10-15(13)22-17(23)14-9-5-7-11-16(14)21-12(2)19-20-18(21)22/h4-11H,3H2,1-2H3. The van der Waals surface area contributed by atoms with Crippen LogP contribution in [-0.2, 0) is 6.42 Å². The Morgan fingerprint density at radius 2 is 1.74 bits per heavy atom. The van der Waals surface area contributed by atoms with E-state index in [4.69, 9.17) is 0 Å². The maximum Gasteiger partial charge on any atom is 0.267 e. The molecule has 0 atom stereocenters. The summed E-state index contributed by atoms with van der Waals surface area (Å²) in [7, 11) is 0. The Kier molecular flexibility index (Phi) is 3.01. The second-order valence-electron chi connectivity index (χ2n) is 5.52. The van der Waals surface area contributed by atoms with E-state index in [-0.39, 0.29) is 5.56 Å². The van der Waals surface area contributed by atoms with E-state index in [9.17, 15) is 4.79 Å². The molecule has 0 aliphatic rings. The number of hydrogen-bond acceptors (Lipinski definition) is 3. The molecule has 0 amide bonds. The number of fused-ring (bicyclic) bond motifs is 3. The molecule has 23 heavy (non-hydrogen) atoms. The summed E-state index contributed by atoms with van der Waals surface area (Å²) in [6.07, 6.45) is 0.842. The van der Waals surface area contributed by atoms with Gasteiger partial charge < -0.3 is 0 Å². The Morgan fingerprint density at radius 3 is 2.57 bits per heavy atom. The van der Waals surface area contributed by atoms with Gasteiger partial charge in [0.15, 0.2) is 0 Å². The van der Waals surface area contributed by atoms with Crippen LogP contribution in [-0.4, -0.2) is 19.2 Å². The molecular formula is C18H16N4O. The van der Waals surface area contributed by atoms with Gasteiger partial charge >= 0.3 is 0 Å². The van der Waals surface area contributed by atoms with Crippen LogP contribution in [0.3, 0.4) is 0 Å². The molecule has 0 saturated heterocycles. The largest absolute Gasteiger partial charge is 0.268 e. The molecule has 2 heterocycles. The number of benzene rings is 2. The van der Waals surface area contributed by atoms with Gasteiger partial charge in [-0.2, -0.15) is 0 Å². The van der Waals surface area contributed by atoms with Gasteiger partial charge in [-0.3, -0.25) is 9.20 Å². The van der Waals surface area contributed by atoms with Gasteiger partial charge in [0.25, 0.3) is 5.56 Å². The molecule has 0 fully saturated rings. The Balaban J connectivity index is 2.26. The predicted octanol–water partition coefficient (Wildman–Crippen LogP) is 2.90. The molecule has 4 aromatic rings. The lowest BCUT2D eigenvalue weighted by Gasteiger charge is -2.13. The summed E-state index contributed by atoms with van der Waals surface area (Å²) in [5.74, 6) is 1.31. The van der Waals surface area contributed by atoms with E-state index >= 15 is 0 Å². The van der Waals surface area contributed by atoms with Gasteiger partial charge in [-0.1, -0.05) is 37.3 Å². The van der Waals surface area contributed by atoms with Crippen LogP contribution in [0.1, 0.15) is 18.3 Å². The Bertz CT molecular complexity index is 1090. The highest BCUT2D eigenvalue weighted by molar-refractivity contribution is 5.81. The third-order valence-corrected chi connectivity index (χ3v) is 4.20. The molecule has 114 valence electrons. The first-order chi connectivity index (χ1) is 11.2. The molecule has 0 aliphatic heterocycles. The molecule has 2 aromatic heterocycles. The van der Waals surface area contributed by atoms with Crippen LogP contribution in [0, 0.1) is 6.92 Å². The lowest BCUT2D eigenvalue weighted by atomic mass is 10.1. The van der Waals surface area contributed by atoms with Crippen LogP contribution < -0.4 is 5.56 Å². The lowest BCUT2D eigenvalue weighted by molar-refractivity contribution is 0.941. The first kappa shape index (κ1) is 13.7. The predicted molar refractivity (Wildman–Crippen MR) is 90.2 cm³/mol. The number of para-hydroxylation sites is 2. The molecule has 0 aliphatic carbocycles. The molecular weight excluding hydrogens is 288 g/mol. The van der Waals surface area contributed by atoms with Crippen molar-refractivity contribution >= 4 is 16.7 Å². The van der Waals surface area contributed by atoms with Gasteiger partial charge in [-0.05, 0) is 37.1 Å².